The molecule has 25 heavy (non-hydrogen) atoms. The van der Waals surface area contributed by atoms with Gasteiger partial charge in [0.15, 0.2) is 11.5 Å². The zero-order valence-corrected chi connectivity index (χ0v) is 13.8. The monoisotopic (exact) mass is 350 g/mol. The van der Waals surface area contributed by atoms with Gasteiger partial charge >= 0.3 is 12.1 Å². The van der Waals surface area contributed by atoms with E-state index >= 15 is 0 Å². The summed E-state index contributed by atoms with van der Waals surface area (Å²) in [5, 5.41) is 0. The minimum atomic E-state index is -4.44. The number of rotatable bonds is 4. The Kier molecular flexibility index (Phi) is 4.45. The van der Waals surface area contributed by atoms with Crippen LogP contribution >= 0.6 is 0 Å². The zero-order valence-electron chi connectivity index (χ0n) is 13.8. The third-order valence-corrected chi connectivity index (χ3v) is 4.29. The van der Waals surface area contributed by atoms with Gasteiger partial charge in [-0.3, -0.25) is 4.79 Å². The third-order valence-electron chi connectivity index (χ3n) is 4.29. The van der Waals surface area contributed by atoms with Crippen molar-refractivity contribution in [3.63, 3.8) is 0 Å². The van der Waals surface area contributed by atoms with Gasteiger partial charge in [-0.25, -0.2) is 0 Å². The number of carbonyl (C=O) groups is 1. The summed E-state index contributed by atoms with van der Waals surface area (Å²) >= 11 is 0. The first-order valence-corrected chi connectivity index (χ1v) is 7.83. The topological polar surface area (TPSA) is 35.5 Å². The summed E-state index contributed by atoms with van der Waals surface area (Å²) in [7, 11) is 1.46. The molecule has 1 fully saturated rings. The molecule has 0 amide bonds. The molecule has 1 aliphatic carbocycles. The molecule has 0 bridgehead atoms. The highest BCUT2D eigenvalue weighted by molar-refractivity contribution is 5.80. The quantitative estimate of drug-likeness (QED) is 0.591. The van der Waals surface area contributed by atoms with Crippen LogP contribution in [-0.4, -0.2) is 13.1 Å². The van der Waals surface area contributed by atoms with Crippen LogP contribution in [0.3, 0.4) is 0 Å². The lowest BCUT2D eigenvalue weighted by atomic mass is 10.0. The van der Waals surface area contributed by atoms with Crippen LogP contribution in [0.15, 0.2) is 42.5 Å². The normalized spacial score (nSPS) is 19.4. The molecule has 3 nitrogen and oxygen atoms in total. The molecule has 1 saturated carbocycles. The zero-order chi connectivity index (χ0) is 18.2. The van der Waals surface area contributed by atoms with E-state index in [-0.39, 0.29) is 11.3 Å². The first kappa shape index (κ1) is 17.3. The number of carbonyl (C=O) groups excluding carboxylic acids is 1. The van der Waals surface area contributed by atoms with Gasteiger partial charge in [0.25, 0.3) is 0 Å². The fraction of sp³-hybridized carbons (Fsp3) is 0.316. The van der Waals surface area contributed by atoms with E-state index in [0.717, 1.165) is 11.6 Å². The van der Waals surface area contributed by atoms with Gasteiger partial charge in [-0.15, -0.1) is 0 Å². The molecule has 132 valence electrons. The average molecular weight is 350 g/mol. The van der Waals surface area contributed by atoms with E-state index < -0.39 is 29.5 Å². The molecule has 3 rings (SSSR count). The summed E-state index contributed by atoms with van der Waals surface area (Å²) in [6.07, 6.45) is -4.09. The molecule has 2 unspecified atom stereocenters. The molecule has 0 aliphatic heterocycles. The number of aryl methyl sites for hydroxylation is 1. The molecule has 1 aliphatic rings. The second-order valence-electron chi connectivity index (χ2n) is 6.11. The molecule has 0 saturated heterocycles. The fourth-order valence-electron chi connectivity index (χ4n) is 2.92. The van der Waals surface area contributed by atoms with E-state index in [4.69, 9.17) is 9.47 Å². The first-order chi connectivity index (χ1) is 11.8. The minimum Gasteiger partial charge on any atom is -0.493 e. The number of methoxy groups -OCH3 is 1. The maximum atomic E-state index is 13.1. The molecule has 0 radical (unpaired) electrons. The summed E-state index contributed by atoms with van der Waals surface area (Å²) in [5.74, 6) is -0.894. The number of halogens is 3. The molecule has 2 atom stereocenters. The van der Waals surface area contributed by atoms with Crippen LogP contribution in [0.2, 0.25) is 0 Å². The Hall–Kier alpha value is -2.50. The van der Waals surface area contributed by atoms with Crippen LogP contribution in [0.1, 0.15) is 29.0 Å². The molecule has 6 heteroatoms. The maximum absolute atomic E-state index is 13.1. The van der Waals surface area contributed by atoms with E-state index in [1.807, 2.05) is 6.92 Å². The summed E-state index contributed by atoms with van der Waals surface area (Å²) in [4.78, 5) is 12.3. The first-order valence-electron chi connectivity index (χ1n) is 7.83. The Bertz CT molecular complexity index is 799. The minimum absolute atomic E-state index is 0.146. The second kappa shape index (κ2) is 6.43. The maximum Gasteiger partial charge on any atom is 0.416 e. The van der Waals surface area contributed by atoms with Gasteiger partial charge in [0.2, 0.25) is 0 Å². The number of esters is 1. The van der Waals surface area contributed by atoms with Crippen LogP contribution in [0.4, 0.5) is 13.2 Å². The molecule has 0 heterocycles. The van der Waals surface area contributed by atoms with Gasteiger partial charge in [-0.2, -0.15) is 13.2 Å². The van der Waals surface area contributed by atoms with Crippen molar-refractivity contribution in [1.29, 1.82) is 0 Å². The Morgan fingerprint density at radius 3 is 2.52 bits per heavy atom. The fourth-order valence-corrected chi connectivity index (χ4v) is 2.92. The van der Waals surface area contributed by atoms with Crippen molar-refractivity contribution >= 4 is 5.97 Å². The van der Waals surface area contributed by atoms with Crippen molar-refractivity contribution in [3.05, 3.63) is 59.2 Å². The lowest BCUT2D eigenvalue weighted by Crippen LogP contribution is -2.13. The molecular formula is C19H17F3O3. The van der Waals surface area contributed by atoms with Gasteiger partial charge in [0.05, 0.1) is 18.6 Å². The Balaban J connectivity index is 1.76. The number of alkyl halides is 3. The summed E-state index contributed by atoms with van der Waals surface area (Å²) < 4.78 is 49.9. The van der Waals surface area contributed by atoms with E-state index in [2.05, 4.69) is 0 Å². The highest BCUT2D eigenvalue weighted by atomic mass is 19.4. The summed E-state index contributed by atoms with van der Waals surface area (Å²) in [6, 6.07) is 10.5. The Morgan fingerprint density at radius 2 is 1.84 bits per heavy atom. The van der Waals surface area contributed by atoms with E-state index in [0.29, 0.717) is 12.2 Å². The smallest absolute Gasteiger partial charge is 0.416 e. The molecule has 0 N–H and O–H groups in total. The second-order valence-corrected chi connectivity index (χ2v) is 6.11. The predicted octanol–water partition coefficient (Wildman–Crippen LogP) is 4.73. The lowest BCUT2D eigenvalue weighted by molar-refractivity contribution is -0.139. The molecule has 2 aromatic carbocycles. The third kappa shape index (κ3) is 3.62. The number of ether oxygens (including phenoxy) is 2. The summed E-state index contributed by atoms with van der Waals surface area (Å²) in [6.45, 7) is 1.87. The van der Waals surface area contributed by atoms with Crippen LogP contribution in [0.25, 0.3) is 0 Å². The van der Waals surface area contributed by atoms with Gasteiger partial charge in [0, 0.05) is 0 Å². The molecule has 2 aromatic rings. The van der Waals surface area contributed by atoms with Gasteiger partial charge in [-0.1, -0.05) is 24.3 Å². The molecule has 0 aromatic heterocycles. The lowest BCUT2D eigenvalue weighted by Gasteiger charge is -2.13. The van der Waals surface area contributed by atoms with Crippen molar-refractivity contribution in [2.75, 3.05) is 7.11 Å². The number of benzene rings is 2. The largest absolute Gasteiger partial charge is 0.493 e. The van der Waals surface area contributed by atoms with Crippen LogP contribution < -0.4 is 9.47 Å². The Labute approximate surface area is 143 Å². The highest BCUT2D eigenvalue weighted by Crippen LogP contribution is 2.51. The number of hydrogen-bond acceptors (Lipinski definition) is 3. The van der Waals surface area contributed by atoms with Crippen LogP contribution in [0.5, 0.6) is 11.5 Å². The average Bonchev–Trinajstić information content (AvgIpc) is 3.36. The van der Waals surface area contributed by atoms with E-state index in [1.165, 1.54) is 19.2 Å². The standard InChI is InChI=1S/C19H17F3O3/c1-11-7-8-16(17(9-11)24-2)25-18(23)14-10-13(14)12-5-3-4-6-15(12)19(20,21)22/h3-9,13-14H,10H2,1-2H3. The van der Waals surface area contributed by atoms with E-state index in [1.54, 1.807) is 24.3 Å². The summed E-state index contributed by atoms with van der Waals surface area (Å²) in [5.41, 5.74) is 0.399. The van der Waals surface area contributed by atoms with Crippen molar-refractivity contribution in [1.82, 2.24) is 0 Å². The SMILES string of the molecule is COc1cc(C)ccc1OC(=O)C1CC1c1ccccc1C(F)(F)F. The molecular weight excluding hydrogens is 333 g/mol. The predicted molar refractivity (Wildman–Crippen MR) is 85.7 cm³/mol. The van der Waals surface area contributed by atoms with Gasteiger partial charge in [-0.05, 0) is 48.6 Å². The molecule has 0 spiro atoms. The Morgan fingerprint density at radius 1 is 1.12 bits per heavy atom. The van der Waals surface area contributed by atoms with Crippen LogP contribution in [0, 0.1) is 12.8 Å². The van der Waals surface area contributed by atoms with Crippen molar-refractivity contribution in [2.45, 2.75) is 25.4 Å². The highest BCUT2D eigenvalue weighted by Gasteiger charge is 2.49. The van der Waals surface area contributed by atoms with Crippen LogP contribution in [-0.2, 0) is 11.0 Å². The number of hydrogen-bond donors (Lipinski definition) is 0. The van der Waals surface area contributed by atoms with Gasteiger partial charge < -0.3 is 9.47 Å². The van der Waals surface area contributed by atoms with Crippen molar-refractivity contribution in [3.8, 4) is 11.5 Å². The van der Waals surface area contributed by atoms with Crippen molar-refractivity contribution in [2.24, 2.45) is 5.92 Å². The van der Waals surface area contributed by atoms with Gasteiger partial charge in [0.1, 0.15) is 0 Å². The van der Waals surface area contributed by atoms with E-state index in [9.17, 15) is 18.0 Å². The van der Waals surface area contributed by atoms with Crippen molar-refractivity contribution < 1.29 is 27.4 Å².